The maximum Gasteiger partial charge on any atom is 0.310 e. The summed E-state index contributed by atoms with van der Waals surface area (Å²) < 4.78 is 10.5. The van der Waals surface area contributed by atoms with Gasteiger partial charge in [0.15, 0.2) is 11.8 Å². The molecule has 30 heavy (non-hydrogen) atoms. The third-order valence-corrected chi connectivity index (χ3v) is 5.23. The zero-order valence-corrected chi connectivity index (χ0v) is 18.1. The van der Waals surface area contributed by atoms with Crippen molar-refractivity contribution in [3.05, 3.63) is 35.7 Å². The molecule has 1 aliphatic rings. The molecular weight excluding hydrogens is 382 g/mol. The van der Waals surface area contributed by atoms with Gasteiger partial charge in [0.25, 0.3) is 5.89 Å². The number of aryl methyl sites for hydroxylation is 1. The van der Waals surface area contributed by atoms with Crippen molar-refractivity contribution >= 4 is 11.9 Å². The van der Waals surface area contributed by atoms with Crippen LogP contribution in [0.1, 0.15) is 38.1 Å². The highest BCUT2D eigenvalue weighted by Crippen LogP contribution is 2.19. The summed E-state index contributed by atoms with van der Waals surface area (Å²) >= 11 is 0. The van der Waals surface area contributed by atoms with Crippen LogP contribution < -0.4 is 5.32 Å². The number of guanidine groups is 1. The van der Waals surface area contributed by atoms with Gasteiger partial charge in [0.1, 0.15) is 0 Å². The molecule has 1 saturated heterocycles. The minimum atomic E-state index is -0.106. The van der Waals surface area contributed by atoms with Crippen molar-refractivity contribution < 1.29 is 14.1 Å². The molecule has 162 valence electrons. The van der Waals surface area contributed by atoms with Crippen LogP contribution in [0, 0.1) is 5.92 Å². The number of nitrogens with one attached hydrogen (secondary N) is 1. The summed E-state index contributed by atoms with van der Waals surface area (Å²) in [6.45, 7) is 6.57. The minimum absolute atomic E-state index is 0.0808. The number of aromatic nitrogens is 2. The third kappa shape index (κ3) is 5.58. The zero-order valence-electron chi connectivity index (χ0n) is 18.1. The number of benzene rings is 1. The maximum absolute atomic E-state index is 12.1. The highest BCUT2D eigenvalue weighted by Gasteiger charge is 2.28. The number of ether oxygens (including phenoxy) is 1. The summed E-state index contributed by atoms with van der Waals surface area (Å²) in [6.07, 6.45) is 3.45. The highest BCUT2D eigenvalue weighted by molar-refractivity contribution is 5.81. The van der Waals surface area contributed by atoms with Crippen LogP contribution in [0.25, 0.3) is 11.5 Å². The molecular formula is C22H31N5O3. The lowest BCUT2D eigenvalue weighted by atomic mass is 9.98. The molecule has 1 aliphatic heterocycles. The van der Waals surface area contributed by atoms with Crippen molar-refractivity contribution in [3.8, 4) is 11.5 Å². The van der Waals surface area contributed by atoms with Crippen LogP contribution in [0.15, 0.2) is 33.8 Å². The molecule has 0 aliphatic carbocycles. The molecule has 8 heteroatoms. The molecule has 3 rings (SSSR count). The first kappa shape index (κ1) is 21.8. The Labute approximate surface area is 177 Å². The number of likely N-dealkylation sites (tertiary alicyclic amines) is 1. The van der Waals surface area contributed by atoms with E-state index in [0.29, 0.717) is 24.9 Å². The van der Waals surface area contributed by atoms with Crippen molar-refractivity contribution in [2.24, 2.45) is 10.9 Å². The summed E-state index contributed by atoms with van der Waals surface area (Å²) in [5.41, 5.74) is 2.13. The van der Waals surface area contributed by atoms with Crippen molar-refractivity contribution in [2.75, 3.05) is 33.3 Å². The van der Waals surface area contributed by atoms with E-state index < -0.39 is 0 Å². The molecule has 1 atom stereocenters. The predicted molar refractivity (Wildman–Crippen MR) is 115 cm³/mol. The second-order valence-electron chi connectivity index (χ2n) is 7.33. The van der Waals surface area contributed by atoms with E-state index in [0.717, 1.165) is 50.3 Å². The summed E-state index contributed by atoms with van der Waals surface area (Å²) in [4.78, 5) is 23.0. The van der Waals surface area contributed by atoms with E-state index in [1.165, 1.54) is 5.56 Å². The molecule has 0 saturated carbocycles. The van der Waals surface area contributed by atoms with Gasteiger partial charge < -0.3 is 19.5 Å². The Kier molecular flexibility index (Phi) is 7.82. The number of rotatable bonds is 7. The fraction of sp³-hybridized carbons (Fsp3) is 0.545. The molecule has 2 aromatic rings. The average Bonchev–Trinajstić information content (AvgIpc) is 3.27. The second kappa shape index (κ2) is 10.8. The Morgan fingerprint density at radius 3 is 2.80 bits per heavy atom. The van der Waals surface area contributed by atoms with Gasteiger partial charge in [-0.05, 0) is 43.9 Å². The molecule has 0 amide bonds. The van der Waals surface area contributed by atoms with Crippen LogP contribution in [0.5, 0.6) is 0 Å². The molecule has 1 N–H and O–H groups in total. The average molecular weight is 414 g/mol. The number of aliphatic imine (C=N–C) groups is 1. The van der Waals surface area contributed by atoms with Gasteiger partial charge in [-0.3, -0.25) is 9.79 Å². The Morgan fingerprint density at radius 1 is 1.33 bits per heavy atom. The van der Waals surface area contributed by atoms with Crippen LogP contribution in [0.2, 0.25) is 0 Å². The number of hydrogen-bond acceptors (Lipinski definition) is 6. The SMILES string of the molecule is CCOC(=O)C1CCCN(C(=NC)NCCc2ccc(-c3nc(CC)no3)cc2)C1. The van der Waals surface area contributed by atoms with Crippen LogP contribution in [-0.2, 0) is 22.4 Å². The lowest BCUT2D eigenvalue weighted by molar-refractivity contribution is -0.149. The lowest BCUT2D eigenvalue weighted by Gasteiger charge is -2.34. The molecule has 2 heterocycles. The van der Waals surface area contributed by atoms with Crippen molar-refractivity contribution in [1.29, 1.82) is 0 Å². The Bertz CT molecular complexity index is 847. The van der Waals surface area contributed by atoms with Gasteiger partial charge in [-0.1, -0.05) is 24.2 Å². The van der Waals surface area contributed by atoms with E-state index in [-0.39, 0.29) is 11.9 Å². The monoisotopic (exact) mass is 413 g/mol. The maximum atomic E-state index is 12.1. The van der Waals surface area contributed by atoms with Gasteiger partial charge in [-0.25, -0.2) is 0 Å². The first-order valence-electron chi connectivity index (χ1n) is 10.7. The van der Waals surface area contributed by atoms with Gasteiger partial charge in [-0.2, -0.15) is 4.98 Å². The van der Waals surface area contributed by atoms with Gasteiger partial charge in [0.2, 0.25) is 0 Å². The van der Waals surface area contributed by atoms with E-state index in [1.807, 2.05) is 26.0 Å². The van der Waals surface area contributed by atoms with Crippen molar-refractivity contribution in [2.45, 2.75) is 39.5 Å². The Morgan fingerprint density at radius 2 is 2.13 bits per heavy atom. The summed E-state index contributed by atoms with van der Waals surface area (Å²) in [6, 6.07) is 8.16. The standard InChI is InChI=1S/C22H31N5O3/c1-4-19-25-20(30-26-19)17-10-8-16(9-11-17)12-13-24-22(23-3)27-14-6-7-18(15-27)21(28)29-5-2/h8-11,18H,4-7,12-15H2,1-3H3,(H,23,24). The molecule has 1 fully saturated rings. The summed E-state index contributed by atoms with van der Waals surface area (Å²) in [5, 5.41) is 7.36. The van der Waals surface area contributed by atoms with E-state index in [4.69, 9.17) is 9.26 Å². The van der Waals surface area contributed by atoms with Crippen molar-refractivity contribution in [1.82, 2.24) is 20.4 Å². The van der Waals surface area contributed by atoms with Crippen molar-refractivity contribution in [3.63, 3.8) is 0 Å². The van der Waals surface area contributed by atoms with E-state index >= 15 is 0 Å². The van der Waals surface area contributed by atoms with Gasteiger partial charge in [0.05, 0.1) is 12.5 Å². The number of piperidine rings is 1. The summed E-state index contributed by atoms with van der Waals surface area (Å²) in [5.74, 6) is 1.91. The molecule has 8 nitrogen and oxygen atoms in total. The molecule has 0 bridgehead atoms. The van der Waals surface area contributed by atoms with Gasteiger partial charge in [0, 0.05) is 38.7 Å². The summed E-state index contributed by atoms with van der Waals surface area (Å²) in [7, 11) is 1.78. The number of esters is 1. The highest BCUT2D eigenvalue weighted by atomic mass is 16.5. The third-order valence-electron chi connectivity index (χ3n) is 5.23. The minimum Gasteiger partial charge on any atom is -0.466 e. The topological polar surface area (TPSA) is 92.8 Å². The van der Waals surface area contributed by atoms with Crippen LogP contribution in [0.3, 0.4) is 0 Å². The Balaban J connectivity index is 1.50. The number of carbonyl (C=O) groups is 1. The first-order chi connectivity index (χ1) is 14.6. The predicted octanol–water partition coefficient (Wildman–Crippen LogP) is 2.69. The molecule has 1 aromatic carbocycles. The quantitative estimate of drug-likeness (QED) is 0.424. The first-order valence-corrected chi connectivity index (χ1v) is 10.7. The van der Waals surface area contributed by atoms with Gasteiger partial charge in [-0.15, -0.1) is 0 Å². The van der Waals surface area contributed by atoms with Crippen LogP contribution >= 0.6 is 0 Å². The van der Waals surface area contributed by atoms with Crippen LogP contribution in [0.4, 0.5) is 0 Å². The number of carbonyl (C=O) groups excluding carboxylic acids is 1. The van der Waals surface area contributed by atoms with Crippen LogP contribution in [-0.4, -0.2) is 60.3 Å². The van der Waals surface area contributed by atoms with E-state index in [2.05, 4.69) is 37.5 Å². The van der Waals surface area contributed by atoms with Gasteiger partial charge >= 0.3 is 5.97 Å². The lowest BCUT2D eigenvalue weighted by Crippen LogP contribution is -2.48. The molecule has 1 aromatic heterocycles. The largest absolute Gasteiger partial charge is 0.466 e. The van der Waals surface area contributed by atoms with E-state index in [1.54, 1.807) is 7.05 Å². The second-order valence-corrected chi connectivity index (χ2v) is 7.33. The molecule has 1 unspecified atom stereocenters. The fourth-order valence-corrected chi connectivity index (χ4v) is 3.60. The van der Waals surface area contributed by atoms with E-state index in [9.17, 15) is 4.79 Å². The smallest absolute Gasteiger partial charge is 0.310 e. The number of hydrogen-bond donors (Lipinski definition) is 1. The molecule has 0 radical (unpaired) electrons. The zero-order chi connectivity index (χ0) is 21.3. The fourth-order valence-electron chi connectivity index (χ4n) is 3.60. The molecule has 0 spiro atoms. The normalized spacial score (nSPS) is 17.1. The number of nitrogens with zero attached hydrogens (tertiary/aromatic N) is 4. The Hall–Kier alpha value is -2.90.